The zero-order chi connectivity index (χ0) is 13.8. The standard InChI is InChI=1S/C14H19ClN2O2.ClH/c1-10(16)14(18)17-8-6-13(7-9-17)19-12-4-2-11(15)3-5-12;/h2-5,10,13H,6-9,16H2,1H3;1H/t10-;/m0./s1. The van der Waals surface area contributed by atoms with Gasteiger partial charge in [-0.3, -0.25) is 4.79 Å². The summed E-state index contributed by atoms with van der Waals surface area (Å²) in [6.07, 6.45) is 1.82. The molecule has 0 radical (unpaired) electrons. The second kappa shape index (κ2) is 7.72. The first kappa shape index (κ1) is 17.1. The van der Waals surface area contributed by atoms with Crippen molar-refractivity contribution in [2.45, 2.75) is 31.9 Å². The Bertz CT molecular complexity index is 429. The third kappa shape index (κ3) is 4.54. The van der Waals surface area contributed by atoms with Crippen LogP contribution in [-0.4, -0.2) is 36.0 Å². The predicted molar refractivity (Wildman–Crippen MR) is 82.6 cm³/mol. The highest BCUT2D eigenvalue weighted by Crippen LogP contribution is 2.21. The molecule has 1 aliphatic rings. The van der Waals surface area contributed by atoms with E-state index in [1.165, 1.54) is 0 Å². The Morgan fingerprint density at radius 3 is 2.40 bits per heavy atom. The topological polar surface area (TPSA) is 55.6 Å². The summed E-state index contributed by atoms with van der Waals surface area (Å²) in [6, 6.07) is 6.93. The van der Waals surface area contributed by atoms with E-state index >= 15 is 0 Å². The van der Waals surface area contributed by atoms with Gasteiger partial charge in [-0.1, -0.05) is 11.6 Å². The highest BCUT2D eigenvalue weighted by atomic mass is 35.5. The van der Waals surface area contributed by atoms with Gasteiger partial charge >= 0.3 is 0 Å². The molecule has 1 heterocycles. The van der Waals surface area contributed by atoms with Crippen molar-refractivity contribution in [3.8, 4) is 5.75 Å². The second-order valence-corrected chi connectivity index (χ2v) is 5.32. The average molecular weight is 319 g/mol. The number of hydrogen-bond donors (Lipinski definition) is 1. The van der Waals surface area contributed by atoms with Crippen LogP contribution in [0.1, 0.15) is 19.8 Å². The Hall–Kier alpha value is -0.970. The lowest BCUT2D eigenvalue weighted by atomic mass is 10.1. The molecule has 1 atom stereocenters. The Morgan fingerprint density at radius 1 is 1.35 bits per heavy atom. The van der Waals surface area contributed by atoms with Gasteiger partial charge in [0, 0.05) is 31.0 Å². The lowest BCUT2D eigenvalue weighted by molar-refractivity contribution is -0.133. The molecule has 0 unspecified atom stereocenters. The first-order valence-corrected chi connectivity index (χ1v) is 6.90. The number of nitrogens with zero attached hydrogens (tertiary/aromatic N) is 1. The normalized spacial score (nSPS) is 17.2. The highest BCUT2D eigenvalue weighted by Gasteiger charge is 2.25. The van der Waals surface area contributed by atoms with Crippen molar-refractivity contribution in [2.24, 2.45) is 5.73 Å². The lowest BCUT2D eigenvalue weighted by Crippen LogP contribution is -2.47. The van der Waals surface area contributed by atoms with Gasteiger partial charge in [-0.2, -0.15) is 0 Å². The van der Waals surface area contributed by atoms with Crippen LogP contribution in [0.3, 0.4) is 0 Å². The Balaban J connectivity index is 0.00000200. The molecule has 1 fully saturated rings. The molecule has 4 nitrogen and oxygen atoms in total. The molecule has 0 aliphatic carbocycles. The lowest BCUT2D eigenvalue weighted by Gasteiger charge is -2.33. The fourth-order valence-corrected chi connectivity index (χ4v) is 2.31. The number of piperidine rings is 1. The number of carbonyl (C=O) groups excluding carboxylic acids is 1. The average Bonchev–Trinajstić information content (AvgIpc) is 2.41. The van der Waals surface area contributed by atoms with Crippen molar-refractivity contribution in [3.63, 3.8) is 0 Å². The summed E-state index contributed by atoms with van der Waals surface area (Å²) < 4.78 is 5.87. The van der Waals surface area contributed by atoms with E-state index in [9.17, 15) is 4.79 Å². The van der Waals surface area contributed by atoms with Gasteiger partial charge in [0.2, 0.25) is 5.91 Å². The summed E-state index contributed by atoms with van der Waals surface area (Å²) in [6.45, 7) is 3.13. The molecular weight excluding hydrogens is 299 g/mol. The molecule has 112 valence electrons. The SMILES string of the molecule is C[C@H](N)C(=O)N1CCC(Oc2ccc(Cl)cc2)CC1.Cl. The molecule has 1 amide bonds. The van der Waals surface area contributed by atoms with E-state index in [1.807, 2.05) is 29.2 Å². The molecule has 20 heavy (non-hydrogen) atoms. The number of rotatable bonds is 3. The molecule has 2 rings (SSSR count). The Labute approximate surface area is 130 Å². The van der Waals surface area contributed by atoms with Gasteiger partial charge in [0.05, 0.1) is 6.04 Å². The molecule has 0 bridgehead atoms. The largest absolute Gasteiger partial charge is 0.490 e. The molecule has 6 heteroatoms. The fourth-order valence-electron chi connectivity index (χ4n) is 2.19. The minimum atomic E-state index is -0.422. The van der Waals surface area contributed by atoms with Crippen molar-refractivity contribution >= 4 is 29.9 Å². The summed E-state index contributed by atoms with van der Waals surface area (Å²) in [5, 5.41) is 0.699. The molecule has 1 aromatic carbocycles. The zero-order valence-electron chi connectivity index (χ0n) is 11.4. The van der Waals surface area contributed by atoms with Crippen LogP contribution in [0, 0.1) is 0 Å². The number of hydrogen-bond acceptors (Lipinski definition) is 3. The van der Waals surface area contributed by atoms with Gasteiger partial charge in [-0.25, -0.2) is 0 Å². The molecular formula is C14H20Cl2N2O2. The number of amides is 1. The fraction of sp³-hybridized carbons (Fsp3) is 0.500. The van der Waals surface area contributed by atoms with E-state index in [-0.39, 0.29) is 24.4 Å². The van der Waals surface area contributed by atoms with Crippen molar-refractivity contribution in [1.82, 2.24) is 4.90 Å². The maximum absolute atomic E-state index is 11.7. The minimum Gasteiger partial charge on any atom is -0.490 e. The number of ether oxygens (including phenoxy) is 1. The van der Waals surface area contributed by atoms with Crippen LogP contribution in [0.25, 0.3) is 0 Å². The predicted octanol–water partition coefficient (Wildman–Crippen LogP) is 2.48. The van der Waals surface area contributed by atoms with Gasteiger partial charge in [-0.05, 0) is 31.2 Å². The number of carbonyl (C=O) groups is 1. The number of nitrogens with two attached hydrogens (primary N) is 1. The monoisotopic (exact) mass is 318 g/mol. The van der Waals surface area contributed by atoms with Gasteiger partial charge in [-0.15, -0.1) is 12.4 Å². The summed E-state index contributed by atoms with van der Waals surface area (Å²) in [5.41, 5.74) is 5.60. The van der Waals surface area contributed by atoms with E-state index in [0.717, 1.165) is 18.6 Å². The van der Waals surface area contributed by atoms with Crippen molar-refractivity contribution in [2.75, 3.05) is 13.1 Å². The van der Waals surface area contributed by atoms with E-state index in [0.29, 0.717) is 18.1 Å². The summed E-state index contributed by atoms with van der Waals surface area (Å²) in [4.78, 5) is 13.6. The Kier molecular flexibility index (Phi) is 6.59. The van der Waals surface area contributed by atoms with Crippen LogP contribution in [0.2, 0.25) is 5.02 Å². The van der Waals surface area contributed by atoms with E-state index in [1.54, 1.807) is 6.92 Å². The number of likely N-dealkylation sites (tertiary alicyclic amines) is 1. The van der Waals surface area contributed by atoms with Crippen LogP contribution < -0.4 is 10.5 Å². The van der Waals surface area contributed by atoms with Gasteiger partial charge in [0.25, 0.3) is 0 Å². The minimum absolute atomic E-state index is 0. The summed E-state index contributed by atoms with van der Waals surface area (Å²) >= 11 is 5.83. The van der Waals surface area contributed by atoms with Crippen LogP contribution in [0.5, 0.6) is 5.75 Å². The maximum Gasteiger partial charge on any atom is 0.239 e. The molecule has 2 N–H and O–H groups in total. The van der Waals surface area contributed by atoms with E-state index in [2.05, 4.69) is 0 Å². The van der Waals surface area contributed by atoms with Gasteiger partial charge in [0.1, 0.15) is 11.9 Å². The third-order valence-electron chi connectivity index (χ3n) is 3.26. The van der Waals surface area contributed by atoms with Gasteiger partial charge < -0.3 is 15.4 Å². The molecule has 1 aliphatic heterocycles. The molecule has 0 saturated carbocycles. The molecule has 1 aromatic rings. The van der Waals surface area contributed by atoms with Crippen LogP contribution in [-0.2, 0) is 4.79 Å². The van der Waals surface area contributed by atoms with Crippen molar-refractivity contribution < 1.29 is 9.53 Å². The molecule has 1 saturated heterocycles. The quantitative estimate of drug-likeness (QED) is 0.931. The smallest absolute Gasteiger partial charge is 0.239 e. The molecule has 0 spiro atoms. The highest BCUT2D eigenvalue weighted by molar-refractivity contribution is 6.30. The first-order chi connectivity index (χ1) is 9.06. The van der Waals surface area contributed by atoms with Crippen LogP contribution in [0.4, 0.5) is 0 Å². The number of halogens is 2. The third-order valence-corrected chi connectivity index (χ3v) is 3.51. The molecule has 0 aromatic heterocycles. The van der Waals surface area contributed by atoms with Crippen molar-refractivity contribution in [1.29, 1.82) is 0 Å². The van der Waals surface area contributed by atoms with Gasteiger partial charge in [0.15, 0.2) is 0 Å². The van der Waals surface area contributed by atoms with Crippen LogP contribution >= 0.6 is 24.0 Å². The van der Waals surface area contributed by atoms with Crippen LogP contribution in [0.15, 0.2) is 24.3 Å². The van der Waals surface area contributed by atoms with E-state index < -0.39 is 6.04 Å². The Morgan fingerprint density at radius 2 is 1.90 bits per heavy atom. The first-order valence-electron chi connectivity index (χ1n) is 6.53. The maximum atomic E-state index is 11.7. The summed E-state index contributed by atoms with van der Waals surface area (Å²) in [5.74, 6) is 0.839. The summed E-state index contributed by atoms with van der Waals surface area (Å²) in [7, 11) is 0. The van der Waals surface area contributed by atoms with Crippen molar-refractivity contribution in [3.05, 3.63) is 29.3 Å². The second-order valence-electron chi connectivity index (χ2n) is 4.89. The van der Waals surface area contributed by atoms with E-state index in [4.69, 9.17) is 22.1 Å². The zero-order valence-corrected chi connectivity index (χ0v) is 13.0. The number of benzene rings is 1.